The molecule has 0 amide bonds. The standard InChI is InChI=1S/C13H10F2N2OS/c14-9-2-1-3-10(15)8(9)6-11(18)13-12(7-4-5-7)16-17-19-13/h1-3,7H,4-6H2. The molecule has 0 radical (unpaired) electrons. The zero-order valence-electron chi connectivity index (χ0n) is 9.90. The third-order valence-corrected chi connectivity index (χ3v) is 3.91. The SMILES string of the molecule is O=C(Cc1c(F)cccc1F)c1snnc1C1CC1. The Balaban J connectivity index is 1.87. The molecule has 6 heteroatoms. The number of carbonyl (C=O) groups excluding carboxylic acids is 1. The van der Waals surface area contributed by atoms with Crippen LogP contribution in [0.3, 0.4) is 0 Å². The first-order valence-electron chi connectivity index (χ1n) is 5.95. The average Bonchev–Trinajstić information content (AvgIpc) is 3.11. The fourth-order valence-electron chi connectivity index (χ4n) is 1.96. The number of Topliss-reactive ketones (excluding diaryl/α,β-unsaturated/α-hetero) is 1. The summed E-state index contributed by atoms with van der Waals surface area (Å²) in [6, 6.07) is 3.58. The third kappa shape index (κ3) is 2.40. The molecular weight excluding hydrogens is 270 g/mol. The molecule has 2 aromatic rings. The van der Waals surface area contributed by atoms with E-state index < -0.39 is 11.6 Å². The molecule has 0 bridgehead atoms. The van der Waals surface area contributed by atoms with Crippen LogP contribution in [0.5, 0.6) is 0 Å². The molecule has 98 valence electrons. The summed E-state index contributed by atoms with van der Waals surface area (Å²) in [7, 11) is 0. The van der Waals surface area contributed by atoms with E-state index in [4.69, 9.17) is 0 Å². The van der Waals surface area contributed by atoms with Gasteiger partial charge in [-0.25, -0.2) is 8.78 Å². The van der Waals surface area contributed by atoms with Crippen molar-refractivity contribution in [1.82, 2.24) is 9.59 Å². The van der Waals surface area contributed by atoms with Crippen LogP contribution in [-0.2, 0) is 6.42 Å². The van der Waals surface area contributed by atoms with Crippen molar-refractivity contribution in [3.05, 3.63) is 46.0 Å². The summed E-state index contributed by atoms with van der Waals surface area (Å²) in [5.74, 6) is -1.42. The van der Waals surface area contributed by atoms with E-state index in [9.17, 15) is 13.6 Å². The summed E-state index contributed by atoms with van der Waals surface area (Å²) >= 11 is 1.00. The lowest BCUT2D eigenvalue weighted by atomic mass is 10.1. The van der Waals surface area contributed by atoms with E-state index in [1.54, 1.807) is 0 Å². The number of rotatable bonds is 4. The van der Waals surface area contributed by atoms with Gasteiger partial charge in [-0.1, -0.05) is 10.6 Å². The van der Waals surface area contributed by atoms with Crippen LogP contribution in [0.2, 0.25) is 0 Å². The monoisotopic (exact) mass is 280 g/mol. The lowest BCUT2D eigenvalue weighted by molar-refractivity contribution is 0.0993. The molecule has 0 saturated heterocycles. The summed E-state index contributed by atoms with van der Waals surface area (Å²) in [6.45, 7) is 0. The molecule has 1 aliphatic rings. The molecule has 0 spiro atoms. The number of aromatic nitrogens is 2. The quantitative estimate of drug-likeness (QED) is 0.808. The van der Waals surface area contributed by atoms with Gasteiger partial charge in [0, 0.05) is 17.9 Å². The first kappa shape index (κ1) is 12.3. The topological polar surface area (TPSA) is 42.9 Å². The molecule has 1 aliphatic carbocycles. The number of nitrogens with zero attached hydrogens (tertiary/aromatic N) is 2. The fourth-order valence-corrected chi connectivity index (χ4v) is 2.64. The second-order valence-electron chi connectivity index (χ2n) is 4.56. The Kier molecular flexibility index (Phi) is 3.10. The highest BCUT2D eigenvalue weighted by atomic mass is 32.1. The molecule has 3 nitrogen and oxygen atoms in total. The smallest absolute Gasteiger partial charge is 0.180 e. The number of ketones is 1. The Morgan fingerprint density at radius 3 is 2.63 bits per heavy atom. The highest BCUT2D eigenvalue weighted by Gasteiger charge is 2.32. The van der Waals surface area contributed by atoms with E-state index in [1.165, 1.54) is 6.07 Å². The molecule has 0 aliphatic heterocycles. The third-order valence-electron chi connectivity index (χ3n) is 3.13. The number of benzene rings is 1. The molecule has 1 aromatic carbocycles. The van der Waals surface area contributed by atoms with Crippen molar-refractivity contribution in [2.45, 2.75) is 25.2 Å². The van der Waals surface area contributed by atoms with Gasteiger partial charge in [0.25, 0.3) is 0 Å². The Labute approximate surface area is 112 Å². The summed E-state index contributed by atoms with van der Waals surface area (Å²) in [5.41, 5.74) is 0.495. The minimum absolute atomic E-state index is 0.192. The Bertz CT molecular complexity index is 617. The molecule has 1 aromatic heterocycles. The van der Waals surface area contributed by atoms with Gasteiger partial charge < -0.3 is 0 Å². The van der Waals surface area contributed by atoms with Crippen LogP contribution in [0.1, 0.15) is 39.7 Å². The van der Waals surface area contributed by atoms with Crippen LogP contribution in [-0.4, -0.2) is 15.4 Å². The van der Waals surface area contributed by atoms with Gasteiger partial charge in [0.1, 0.15) is 16.5 Å². The molecule has 3 rings (SSSR count). The van der Waals surface area contributed by atoms with Gasteiger partial charge in [0.05, 0.1) is 5.69 Å². The van der Waals surface area contributed by atoms with Gasteiger partial charge in [-0.2, -0.15) is 0 Å². The highest BCUT2D eigenvalue weighted by Crippen LogP contribution is 2.41. The van der Waals surface area contributed by atoms with Crippen molar-refractivity contribution >= 4 is 17.3 Å². The minimum Gasteiger partial charge on any atom is -0.293 e. The molecule has 0 unspecified atom stereocenters. The summed E-state index contributed by atoms with van der Waals surface area (Å²) in [4.78, 5) is 12.6. The lowest BCUT2D eigenvalue weighted by Gasteiger charge is -2.03. The van der Waals surface area contributed by atoms with Crippen LogP contribution >= 0.6 is 11.5 Å². The number of hydrogen-bond donors (Lipinski definition) is 0. The lowest BCUT2D eigenvalue weighted by Crippen LogP contribution is -2.08. The van der Waals surface area contributed by atoms with E-state index in [0.29, 0.717) is 16.5 Å². The first-order valence-corrected chi connectivity index (χ1v) is 6.72. The maximum Gasteiger partial charge on any atom is 0.180 e. The van der Waals surface area contributed by atoms with E-state index in [2.05, 4.69) is 9.59 Å². The largest absolute Gasteiger partial charge is 0.293 e. The van der Waals surface area contributed by atoms with Gasteiger partial charge in [0.15, 0.2) is 5.78 Å². The van der Waals surface area contributed by atoms with E-state index >= 15 is 0 Å². The molecule has 0 N–H and O–H groups in total. The van der Waals surface area contributed by atoms with Gasteiger partial charge in [-0.3, -0.25) is 4.79 Å². The zero-order chi connectivity index (χ0) is 13.4. The van der Waals surface area contributed by atoms with Crippen LogP contribution in [0.15, 0.2) is 18.2 Å². The van der Waals surface area contributed by atoms with Crippen molar-refractivity contribution in [2.24, 2.45) is 0 Å². The number of hydrogen-bond acceptors (Lipinski definition) is 4. The maximum absolute atomic E-state index is 13.5. The first-order chi connectivity index (χ1) is 9.16. The molecular formula is C13H10F2N2OS. The number of carbonyl (C=O) groups is 1. The summed E-state index contributed by atoms with van der Waals surface area (Å²) in [6.07, 6.45) is 1.71. The average molecular weight is 280 g/mol. The van der Waals surface area contributed by atoms with Crippen molar-refractivity contribution in [3.63, 3.8) is 0 Å². The van der Waals surface area contributed by atoms with Gasteiger partial charge >= 0.3 is 0 Å². The predicted molar refractivity (Wildman–Crippen MR) is 66.3 cm³/mol. The summed E-state index contributed by atoms with van der Waals surface area (Å²) < 4.78 is 30.8. The zero-order valence-corrected chi connectivity index (χ0v) is 10.7. The van der Waals surface area contributed by atoms with E-state index in [1.807, 2.05) is 0 Å². The fraction of sp³-hybridized carbons (Fsp3) is 0.308. The molecule has 19 heavy (non-hydrogen) atoms. The number of halogens is 2. The van der Waals surface area contributed by atoms with Gasteiger partial charge in [0.2, 0.25) is 0 Å². The molecule has 1 heterocycles. The maximum atomic E-state index is 13.5. The van der Waals surface area contributed by atoms with E-state index in [-0.39, 0.29) is 17.8 Å². The Hall–Kier alpha value is -1.69. The van der Waals surface area contributed by atoms with Crippen molar-refractivity contribution in [1.29, 1.82) is 0 Å². The minimum atomic E-state index is -0.696. The second-order valence-corrected chi connectivity index (χ2v) is 5.32. The van der Waals surface area contributed by atoms with Crippen LogP contribution in [0, 0.1) is 11.6 Å². The summed E-state index contributed by atoms with van der Waals surface area (Å²) in [5, 5.41) is 3.95. The normalized spacial score (nSPS) is 14.6. The Morgan fingerprint density at radius 1 is 1.32 bits per heavy atom. The molecule has 0 atom stereocenters. The molecule has 1 fully saturated rings. The predicted octanol–water partition coefficient (Wildman–Crippen LogP) is 3.12. The van der Waals surface area contributed by atoms with E-state index in [0.717, 1.165) is 36.5 Å². The van der Waals surface area contributed by atoms with Crippen molar-refractivity contribution < 1.29 is 13.6 Å². The van der Waals surface area contributed by atoms with Crippen molar-refractivity contribution in [2.75, 3.05) is 0 Å². The van der Waals surface area contributed by atoms with Gasteiger partial charge in [-0.15, -0.1) is 5.10 Å². The van der Waals surface area contributed by atoms with Crippen LogP contribution < -0.4 is 0 Å². The van der Waals surface area contributed by atoms with Crippen molar-refractivity contribution in [3.8, 4) is 0 Å². The highest BCUT2D eigenvalue weighted by molar-refractivity contribution is 7.08. The Morgan fingerprint density at radius 2 is 2.00 bits per heavy atom. The van der Waals surface area contributed by atoms with Crippen LogP contribution in [0.4, 0.5) is 8.78 Å². The van der Waals surface area contributed by atoms with Gasteiger partial charge in [-0.05, 0) is 36.5 Å². The molecule has 1 saturated carbocycles. The van der Waals surface area contributed by atoms with Crippen LogP contribution in [0.25, 0.3) is 0 Å². The second kappa shape index (κ2) is 4.77.